The van der Waals surface area contributed by atoms with Gasteiger partial charge in [-0.05, 0) is 24.1 Å². The summed E-state index contributed by atoms with van der Waals surface area (Å²) < 4.78 is 1.73. The molecule has 0 unspecified atom stereocenters. The van der Waals surface area contributed by atoms with Crippen LogP contribution in [0.3, 0.4) is 0 Å². The summed E-state index contributed by atoms with van der Waals surface area (Å²) in [6.07, 6.45) is 3.43. The van der Waals surface area contributed by atoms with E-state index in [0.717, 1.165) is 17.8 Å². The molecule has 0 bridgehead atoms. The summed E-state index contributed by atoms with van der Waals surface area (Å²) in [5, 5.41) is 16.8. The minimum atomic E-state index is 0.105. The van der Waals surface area contributed by atoms with Crippen LogP contribution in [-0.4, -0.2) is 26.7 Å². The summed E-state index contributed by atoms with van der Waals surface area (Å²) in [5.41, 5.74) is 3.11. The fourth-order valence-electron chi connectivity index (χ4n) is 1.54. The van der Waals surface area contributed by atoms with E-state index >= 15 is 0 Å². The van der Waals surface area contributed by atoms with Crippen LogP contribution < -0.4 is 0 Å². The van der Waals surface area contributed by atoms with E-state index in [1.807, 2.05) is 18.3 Å². The van der Waals surface area contributed by atoms with Crippen molar-refractivity contribution in [2.45, 2.75) is 19.8 Å². The lowest BCUT2D eigenvalue weighted by Crippen LogP contribution is -1.94. The number of benzene rings is 1. The third kappa shape index (κ3) is 2.28. The van der Waals surface area contributed by atoms with Crippen LogP contribution in [-0.2, 0) is 12.8 Å². The van der Waals surface area contributed by atoms with Crippen LogP contribution in [0.5, 0.6) is 0 Å². The lowest BCUT2D eigenvalue weighted by atomic mass is 10.1. The number of aryl methyl sites for hydroxylation is 1. The number of aliphatic hydroxyl groups excluding tert-OH is 1. The number of aromatic nitrogens is 3. The van der Waals surface area contributed by atoms with Gasteiger partial charge in [0.1, 0.15) is 0 Å². The van der Waals surface area contributed by atoms with E-state index in [9.17, 15) is 0 Å². The molecule has 4 nitrogen and oxygen atoms in total. The summed E-state index contributed by atoms with van der Waals surface area (Å²) in [7, 11) is 0. The van der Waals surface area contributed by atoms with Crippen molar-refractivity contribution in [3.8, 4) is 5.69 Å². The third-order valence-corrected chi connectivity index (χ3v) is 2.52. The number of hydrogen-bond donors (Lipinski definition) is 1. The molecule has 0 fully saturated rings. The quantitative estimate of drug-likeness (QED) is 0.841. The fourth-order valence-corrected chi connectivity index (χ4v) is 1.54. The Kier molecular flexibility index (Phi) is 3.31. The van der Waals surface area contributed by atoms with Crippen LogP contribution in [0.15, 0.2) is 30.5 Å². The zero-order valence-electron chi connectivity index (χ0n) is 9.30. The highest BCUT2D eigenvalue weighted by molar-refractivity contribution is 5.33. The van der Waals surface area contributed by atoms with E-state index in [1.165, 1.54) is 5.56 Å². The van der Waals surface area contributed by atoms with Gasteiger partial charge in [0.25, 0.3) is 0 Å². The van der Waals surface area contributed by atoms with E-state index in [-0.39, 0.29) is 6.61 Å². The second-order valence-corrected chi connectivity index (χ2v) is 3.65. The van der Waals surface area contributed by atoms with Crippen molar-refractivity contribution in [2.24, 2.45) is 0 Å². The average molecular weight is 217 g/mol. The number of hydrogen-bond acceptors (Lipinski definition) is 3. The first-order valence-electron chi connectivity index (χ1n) is 5.45. The van der Waals surface area contributed by atoms with Gasteiger partial charge in [-0.1, -0.05) is 24.3 Å². The van der Waals surface area contributed by atoms with Crippen molar-refractivity contribution in [3.63, 3.8) is 0 Å². The van der Waals surface area contributed by atoms with Crippen LogP contribution in [0, 0.1) is 0 Å². The Bertz CT molecular complexity index is 448. The second-order valence-electron chi connectivity index (χ2n) is 3.65. The number of rotatable bonds is 4. The first kappa shape index (κ1) is 10.8. The minimum absolute atomic E-state index is 0.105. The Morgan fingerprint density at radius 2 is 2.00 bits per heavy atom. The van der Waals surface area contributed by atoms with Crippen LogP contribution in [0.25, 0.3) is 5.69 Å². The first-order valence-corrected chi connectivity index (χ1v) is 5.45. The van der Waals surface area contributed by atoms with Gasteiger partial charge in [0.05, 0.1) is 17.6 Å². The molecule has 2 rings (SSSR count). The molecule has 0 spiro atoms. The molecule has 4 heteroatoms. The van der Waals surface area contributed by atoms with Gasteiger partial charge >= 0.3 is 0 Å². The van der Waals surface area contributed by atoms with Gasteiger partial charge in [0.15, 0.2) is 0 Å². The second kappa shape index (κ2) is 4.90. The average Bonchev–Trinajstić information content (AvgIpc) is 2.78. The van der Waals surface area contributed by atoms with Crippen molar-refractivity contribution < 1.29 is 5.11 Å². The maximum Gasteiger partial charge on any atom is 0.0854 e. The van der Waals surface area contributed by atoms with Gasteiger partial charge in [-0.3, -0.25) is 0 Å². The molecule has 0 atom stereocenters. The van der Waals surface area contributed by atoms with Crippen LogP contribution in [0.1, 0.15) is 18.2 Å². The van der Waals surface area contributed by atoms with Crippen molar-refractivity contribution >= 4 is 0 Å². The topological polar surface area (TPSA) is 50.9 Å². The van der Waals surface area contributed by atoms with E-state index in [2.05, 4.69) is 29.4 Å². The molecular weight excluding hydrogens is 202 g/mol. The SMILES string of the molecule is CCc1ccc(-n2cc(CCO)nn2)cc1. The highest BCUT2D eigenvalue weighted by Crippen LogP contribution is 2.09. The predicted octanol–water partition coefficient (Wildman–Crippen LogP) is 1.36. The van der Waals surface area contributed by atoms with Crippen molar-refractivity contribution in [1.29, 1.82) is 0 Å². The minimum Gasteiger partial charge on any atom is -0.396 e. The Balaban J connectivity index is 2.21. The van der Waals surface area contributed by atoms with Crippen LogP contribution in [0.4, 0.5) is 0 Å². The Hall–Kier alpha value is -1.68. The molecule has 1 aromatic carbocycles. The standard InChI is InChI=1S/C12H15N3O/c1-2-10-3-5-12(6-4-10)15-9-11(7-8-16)13-14-15/h3-6,9,16H,2,7-8H2,1H3. The highest BCUT2D eigenvalue weighted by Gasteiger charge is 2.01. The fraction of sp³-hybridized carbons (Fsp3) is 0.333. The summed E-state index contributed by atoms with van der Waals surface area (Å²) in [5.74, 6) is 0. The first-order chi connectivity index (χ1) is 7.83. The van der Waals surface area contributed by atoms with Gasteiger partial charge < -0.3 is 5.11 Å². The number of aliphatic hydroxyl groups is 1. The molecule has 1 aromatic heterocycles. The van der Waals surface area contributed by atoms with Gasteiger partial charge in [0.2, 0.25) is 0 Å². The van der Waals surface area contributed by atoms with E-state index in [1.54, 1.807) is 4.68 Å². The predicted molar refractivity (Wildman–Crippen MR) is 61.5 cm³/mol. The maximum absolute atomic E-state index is 8.79. The van der Waals surface area contributed by atoms with E-state index in [4.69, 9.17) is 5.11 Å². The van der Waals surface area contributed by atoms with Gasteiger partial charge in [0, 0.05) is 13.0 Å². The highest BCUT2D eigenvalue weighted by atomic mass is 16.3. The molecule has 0 amide bonds. The van der Waals surface area contributed by atoms with E-state index < -0.39 is 0 Å². The van der Waals surface area contributed by atoms with Crippen molar-refractivity contribution in [3.05, 3.63) is 41.7 Å². The monoisotopic (exact) mass is 217 g/mol. The summed E-state index contributed by atoms with van der Waals surface area (Å²) in [6, 6.07) is 8.22. The molecule has 0 aliphatic heterocycles. The lowest BCUT2D eigenvalue weighted by molar-refractivity contribution is 0.298. The molecule has 0 radical (unpaired) electrons. The summed E-state index contributed by atoms with van der Waals surface area (Å²) in [6.45, 7) is 2.23. The van der Waals surface area contributed by atoms with Gasteiger partial charge in [-0.15, -0.1) is 5.10 Å². The summed E-state index contributed by atoms with van der Waals surface area (Å²) >= 11 is 0. The zero-order valence-corrected chi connectivity index (χ0v) is 9.30. The zero-order chi connectivity index (χ0) is 11.4. The lowest BCUT2D eigenvalue weighted by Gasteiger charge is -2.01. The number of nitrogens with zero attached hydrogens (tertiary/aromatic N) is 3. The Morgan fingerprint density at radius 1 is 1.25 bits per heavy atom. The maximum atomic E-state index is 8.79. The molecule has 2 aromatic rings. The molecule has 1 N–H and O–H groups in total. The van der Waals surface area contributed by atoms with Crippen LogP contribution >= 0.6 is 0 Å². The van der Waals surface area contributed by atoms with Gasteiger partial charge in [-0.2, -0.15) is 0 Å². The third-order valence-electron chi connectivity index (χ3n) is 2.52. The molecule has 16 heavy (non-hydrogen) atoms. The summed E-state index contributed by atoms with van der Waals surface area (Å²) in [4.78, 5) is 0. The normalized spacial score (nSPS) is 10.6. The molecule has 1 heterocycles. The largest absolute Gasteiger partial charge is 0.396 e. The van der Waals surface area contributed by atoms with Crippen molar-refractivity contribution in [1.82, 2.24) is 15.0 Å². The molecule has 0 aliphatic carbocycles. The Morgan fingerprint density at radius 3 is 2.62 bits per heavy atom. The van der Waals surface area contributed by atoms with Gasteiger partial charge in [-0.25, -0.2) is 4.68 Å². The molecule has 0 saturated heterocycles. The smallest absolute Gasteiger partial charge is 0.0854 e. The molecular formula is C12H15N3O. The molecule has 84 valence electrons. The van der Waals surface area contributed by atoms with Crippen LogP contribution in [0.2, 0.25) is 0 Å². The Labute approximate surface area is 94.5 Å². The molecule has 0 saturated carbocycles. The van der Waals surface area contributed by atoms with E-state index in [0.29, 0.717) is 6.42 Å². The van der Waals surface area contributed by atoms with Crippen molar-refractivity contribution in [2.75, 3.05) is 6.61 Å². The molecule has 0 aliphatic rings.